The lowest BCUT2D eigenvalue weighted by molar-refractivity contribution is 0.102. The second-order valence-corrected chi connectivity index (χ2v) is 9.27. The molecule has 1 fully saturated rings. The van der Waals surface area contributed by atoms with Crippen molar-refractivity contribution >= 4 is 21.6 Å². The van der Waals surface area contributed by atoms with E-state index in [2.05, 4.69) is 15.5 Å². The SMILES string of the molecule is Cc1nc(COc2ccc(C(=O)Nc3ccc(S(=O)(=O)N(C)C4CC4)cc3)cc2)no1. The van der Waals surface area contributed by atoms with E-state index in [0.29, 0.717) is 28.7 Å². The van der Waals surface area contributed by atoms with E-state index in [1.807, 2.05) is 0 Å². The Hall–Kier alpha value is -3.24. The van der Waals surface area contributed by atoms with Crippen LogP contribution in [0, 0.1) is 6.92 Å². The largest absolute Gasteiger partial charge is 0.485 e. The molecule has 1 aliphatic rings. The van der Waals surface area contributed by atoms with Gasteiger partial charge in [-0.1, -0.05) is 5.16 Å². The Labute approximate surface area is 180 Å². The van der Waals surface area contributed by atoms with Gasteiger partial charge in [-0.3, -0.25) is 4.79 Å². The average molecular weight is 442 g/mol. The smallest absolute Gasteiger partial charge is 0.255 e. The van der Waals surface area contributed by atoms with Gasteiger partial charge in [0.15, 0.2) is 6.61 Å². The summed E-state index contributed by atoms with van der Waals surface area (Å²) in [5.74, 6) is 1.15. The van der Waals surface area contributed by atoms with E-state index in [0.717, 1.165) is 12.8 Å². The molecule has 0 unspecified atom stereocenters. The Kier molecular flexibility index (Phi) is 5.75. The third-order valence-corrected chi connectivity index (χ3v) is 6.83. The van der Waals surface area contributed by atoms with Crippen molar-refractivity contribution in [2.75, 3.05) is 12.4 Å². The molecular formula is C21H22N4O5S. The van der Waals surface area contributed by atoms with Gasteiger partial charge in [0.25, 0.3) is 5.91 Å². The maximum atomic E-state index is 12.6. The molecule has 1 saturated carbocycles. The number of hydrogen-bond donors (Lipinski definition) is 1. The van der Waals surface area contributed by atoms with Gasteiger partial charge in [0, 0.05) is 31.3 Å². The summed E-state index contributed by atoms with van der Waals surface area (Å²) in [5.41, 5.74) is 0.943. The molecule has 3 aromatic rings. The number of ether oxygens (including phenoxy) is 1. The van der Waals surface area contributed by atoms with E-state index in [1.165, 1.54) is 16.4 Å². The lowest BCUT2D eigenvalue weighted by Gasteiger charge is -2.16. The molecule has 0 saturated heterocycles. The fourth-order valence-corrected chi connectivity index (χ4v) is 4.38. The minimum absolute atomic E-state index is 0.0904. The zero-order chi connectivity index (χ0) is 22.0. The monoisotopic (exact) mass is 442 g/mol. The first-order chi connectivity index (χ1) is 14.8. The highest BCUT2D eigenvalue weighted by atomic mass is 32.2. The number of anilines is 1. The molecule has 4 rings (SSSR count). The molecule has 0 radical (unpaired) electrons. The van der Waals surface area contributed by atoms with Gasteiger partial charge in [0.1, 0.15) is 5.75 Å². The normalized spacial score (nSPS) is 13.9. The first-order valence-electron chi connectivity index (χ1n) is 9.74. The fourth-order valence-electron chi connectivity index (χ4n) is 2.96. The first-order valence-corrected chi connectivity index (χ1v) is 11.2. The second kappa shape index (κ2) is 8.48. The molecule has 31 heavy (non-hydrogen) atoms. The zero-order valence-corrected chi connectivity index (χ0v) is 17.9. The summed E-state index contributed by atoms with van der Waals surface area (Å²) in [6.45, 7) is 1.86. The highest BCUT2D eigenvalue weighted by Gasteiger charge is 2.34. The highest BCUT2D eigenvalue weighted by Crippen LogP contribution is 2.30. The summed E-state index contributed by atoms with van der Waals surface area (Å²) in [6, 6.07) is 12.9. The van der Waals surface area contributed by atoms with Crippen molar-refractivity contribution in [2.24, 2.45) is 0 Å². The zero-order valence-electron chi connectivity index (χ0n) is 17.1. The number of nitrogens with zero attached hydrogens (tertiary/aromatic N) is 3. The van der Waals surface area contributed by atoms with E-state index >= 15 is 0 Å². The van der Waals surface area contributed by atoms with Crippen LogP contribution < -0.4 is 10.1 Å². The summed E-state index contributed by atoms with van der Waals surface area (Å²) in [7, 11) is -1.91. The highest BCUT2D eigenvalue weighted by molar-refractivity contribution is 7.89. The van der Waals surface area contributed by atoms with Gasteiger partial charge in [-0.05, 0) is 61.4 Å². The van der Waals surface area contributed by atoms with Crippen LogP contribution in [0.3, 0.4) is 0 Å². The van der Waals surface area contributed by atoms with Crippen LogP contribution >= 0.6 is 0 Å². The van der Waals surface area contributed by atoms with Gasteiger partial charge < -0.3 is 14.6 Å². The molecule has 9 nitrogen and oxygen atoms in total. The number of benzene rings is 2. The van der Waals surface area contributed by atoms with Crippen molar-refractivity contribution in [1.82, 2.24) is 14.4 Å². The molecule has 1 aliphatic carbocycles. The number of nitrogens with one attached hydrogen (secondary N) is 1. The van der Waals surface area contributed by atoms with E-state index in [9.17, 15) is 13.2 Å². The van der Waals surface area contributed by atoms with E-state index in [-0.39, 0.29) is 23.5 Å². The molecule has 1 N–H and O–H groups in total. The van der Waals surface area contributed by atoms with E-state index in [4.69, 9.17) is 9.26 Å². The molecule has 0 spiro atoms. The van der Waals surface area contributed by atoms with Gasteiger partial charge in [-0.25, -0.2) is 8.42 Å². The quantitative estimate of drug-likeness (QED) is 0.570. The van der Waals surface area contributed by atoms with Crippen molar-refractivity contribution in [3.63, 3.8) is 0 Å². The molecule has 0 aliphatic heterocycles. The lowest BCUT2D eigenvalue weighted by Crippen LogP contribution is -2.28. The van der Waals surface area contributed by atoms with Crippen molar-refractivity contribution in [3.8, 4) is 5.75 Å². The Morgan fingerprint density at radius 3 is 2.42 bits per heavy atom. The van der Waals surface area contributed by atoms with Gasteiger partial charge >= 0.3 is 0 Å². The topological polar surface area (TPSA) is 115 Å². The van der Waals surface area contributed by atoms with Crippen LogP contribution in [0.2, 0.25) is 0 Å². The van der Waals surface area contributed by atoms with Crippen LogP contribution in [0.5, 0.6) is 5.75 Å². The van der Waals surface area contributed by atoms with Crippen molar-refractivity contribution < 1.29 is 22.5 Å². The molecule has 1 heterocycles. The maximum Gasteiger partial charge on any atom is 0.255 e. The van der Waals surface area contributed by atoms with E-state index < -0.39 is 10.0 Å². The van der Waals surface area contributed by atoms with E-state index in [1.54, 1.807) is 50.4 Å². The average Bonchev–Trinajstić information content (AvgIpc) is 3.53. The molecule has 10 heteroatoms. The van der Waals surface area contributed by atoms with Crippen molar-refractivity contribution in [3.05, 3.63) is 65.8 Å². The van der Waals surface area contributed by atoms with Crippen molar-refractivity contribution in [1.29, 1.82) is 0 Å². The predicted octanol–water partition coefficient (Wildman–Crippen LogP) is 2.99. The van der Waals surface area contributed by atoms with Crippen LogP contribution in [0.1, 0.15) is 34.9 Å². The number of aryl methyl sites for hydroxylation is 1. The molecule has 162 valence electrons. The molecule has 0 bridgehead atoms. The molecule has 1 aromatic heterocycles. The van der Waals surface area contributed by atoms with Gasteiger partial charge in [-0.2, -0.15) is 9.29 Å². The number of carbonyl (C=O) groups is 1. The minimum Gasteiger partial charge on any atom is -0.485 e. The Balaban J connectivity index is 1.35. The number of aromatic nitrogens is 2. The lowest BCUT2D eigenvalue weighted by atomic mass is 10.2. The molecule has 0 atom stereocenters. The van der Waals surface area contributed by atoms with Crippen LogP contribution in [0.15, 0.2) is 57.9 Å². The van der Waals surface area contributed by atoms with Crippen LogP contribution in [0.25, 0.3) is 0 Å². The third kappa shape index (κ3) is 4.92. The number of sulfonamides is 1. The molecule has 1 amide bonds. The molecule has 2 aromatic carbocycles. The first kappa shape index (κ1) is 21.0. The molecular weight excluding hydrogens is 420 g/mol. The fraction of sp³-hybridized carbons (Fsp3) is 0.286. The third-order valence-electron chi connectivity index (χ3n) is 4.90. The van der Waals surface area contributed by atoms with Gasteiger partial charge in [0.2, 0.25) is 21.7 Å². The summed E-state index contributed by atoms with van der Waals surface area (Å²) >= 11 is 0. The predicted molar refractivity (Wildman–Crippen MR) is 112 cm³/mol. The van der Waals surface area contributed by atoms with Gasteiger partial charge in [-0.15, -0.1) is 0 Å². The van der Waals surface area contributed by atoms with Crippen molar-refractivity contribution in [2.45, 2.75) is 37.3 Å². The Morgan fingerprint density at radius 1 is 1.16 bits per heavy atom. The summed E-state index contributed by atoms with van der Waals surface area (Å²) in [4.78, 5) is 16.7. The summed E-state index contributed by atoms with van der Waals surface area (Å²) in [6.07, 6.45) is 1.79. The number of amides is 1. The number of rotatable bonds is 8. The second-order valence-electron chi connectivity index (χ2n) is 7.27. The number of hydrogen-bond acceptors (Lipinski definition) is 7. The van der Waals surface area contributed by atoms with Crippen LogP contribution in [-0.2, 0) is 16.6 Å². The van der Waals surface area contributed by atoms with Crippen LogP contribution in [0.4, 0.5) is 5.69 Å². The summed E-state index contributed by atoms with van der Waals surface area (Å²) in [5, 5.41) is 6.51. The number of carbonyl (C=O) groups excluding carboxylic acids is 1. The van der Waals surface area contributed by atoms with Crippen LogP contribution in [-0.4, -0.2) is 41.9 Å². The Bertz CT molecular complexity index is 1170. The minimum atomic E-state index is -3.51. The Morgan fingerprint density at radius 2 is 1.84 bits per heavy atom. The summed E-state index contributed by atoms with van der Waals surface area (Å²) < 4.78 is 37.0. The van der Waals surface area contributed by atoms with Gasteiger partial charge in [0.05, 0.1) is 4.90 Å². The standard InChI is InChI=1S/C21H22N4O5S/c1-14-22-20(24-30-14)13-29-18-9-3-15(4-10-18)21(26)23-16-5-11-19(12-6-16)31(27,28)25(2)17-7-8-17/h3-6,9-12,17H,7-8,13H2,1-2H3,(H,23,26). The maximum absolute atomic E-state index is 12.6.